The highest BCUT2D eigenvalue weighted by Crippen LogP contribution is 2.18. The topological polar surface area (TPSA) is 41.5 Å². The van der Waals surface area contributed by atoms with Crippen LogP contribution in [0, 0.1) is 0 Å². The first-order valence-corrected chi connectivity index (χ1v) is 5.83. The summed E-state index contributed by atoms with van der Waals surface area (Å²) in [7, 11) is 0. The molecule has 0 aromatic carbocycles. The van der Waals surface area contributed by atoms with Crippen molar-refractivity contribution in [2.24, 2.45) is 0 Å². The molecule has 14 heavy (non-hydrogen) atoms. The highest BCUT2D eigenvalue weighted by atomic mass is 16.5. The third-order valence-corrected chi connectivity index (χ3v) is 2.77. The highest BCUT2D eigenvalue weighted by Gasteiger charge is 2.23. The molecular formula is C11H23NO2. The Kier molecular flexibility index (Phi) is 6.15. The Morgan fingerprint density at radius 2 is 2.21 bits per heavy atom. The van der Waals surface area contributed by atoms with Crippen molar-refractivity contribution in [1.82, 2.24) is 5.32 Å². The molecule has 0 saturated heterocycles. The summed E-state index contributed by atoms with van der Waals surface area (Å²) < 4.78 is 5.42. The summed E-state index contributed by atoms with van der Waals surface area (Å²) in [5, 5.41) is 12.9. The van der Waals surface area contributed by atoms with E-state index in [-0.39, 0.29) is 6.10 Å². The minimum atomic E-state index is -0.134. The van der Waals surface area contributed by atoms with Gasteiger partial charge < -0.3 is 15.2 Å². The first-order chi connectivity index (χ1) is 6.84. The lowest BCUT2D eigenvalue weighted by molar-refractivity contribution is 0.115. The average molecular weight is 201 g/mol. The van der Waals surface area contributed by atoms with Crippen molar-refractivity contribution in [3.05, 3.63) is 0 Å². The molecule has 0 aromatic rings. The Labute approximate surface area is 86.8 Å². The summed E-state index contributed by atoms with van der Waals surface area (Å²) in [5.41, 5.74) is 0. The molecule has 1 saturated carbocycles. The molecule has 2 unspecified atom stereocenters. The van der Waals surface area contributed by atoms with Crippen LogP contribution in [0.1, 0.15) is 39.0 Å². The van der Waals surface area contributed by atoms with Gasteiger partial charge in [-0.15, -0.1) is 0 Å². The number of hydrogen-bond donors (Lipinski definition) is 2. The van der Waals surface area contributed by atoms with E-state index in [9.17, 15) is 5.11 Å². The van der Waals surface area contributed by atoms with Gasteiger partial charge in [-0.3, -0.25) is 0 Å². The fraction of sp³-hybridized carbons (Fsp3) is 1.00. The lowest BCUT2D eigenvalue weighted by Gasteiger charge is -2.16. The molecule has 2 N–H and O–H groups in total. The second kappa shape index (κ2) is 7.21. The zero-order chi connectivity index (χ0) is 10.2. The molecule has 0 heterocycles. The van der Waals surface area contributed by atoms with Gasteiger partial charge in [0, 0.05) is 19.2 Å². The monoisotopic (exact) mass is 201 g/mol. The molecule has 1 fully saturated rings. The van der Waals surface area contributed by atoms with E-state index in [4.69, 9.17) is 4.74 Å². The van der Waals surface area contributed by atoms with Gasteiger partial charge in [-0.2, -0.15) is 0 Å². The van der Waals surface area contributed by atoms with Crippen LogP contribution in [0.25, 0.3) is 0 Å². The van der Waals surface area contributed by atoms with Crippen LogP contribution in [-0.4, -0.2) is 37.0 Å². The molecular weight excluding hydrogens is 178 g/mol. The summed E-state index contributed by atoms with van der Waals surface area (Å²) in [6, 6.07) is 0.310. The standard InChI is InChI=1S/C11H23NO2/c1-2-3-8-14-9-7-12-10-5-4-6-11(10)13/h10-13H,2-9H2,1H3. The Morgan fingerprint density at radius 3 is 2.86 bits per heavy atom. The normalized spacial score (nSPS) is 27.0. The van der Waals surface area contributed by atoms with E-state index in [0.29, 0.717) is 6.04 Å². The molecule has 1 aliphatic carbocycles. The maximum Gasteiger partial charge on any atom is 0.0693 e. The summed E-state index contributed by atoms with van der Waals surface area (Å²) in [4.78, 5) is 0. The molecule has 0 bridgehead atoms. The zero-order valence-electron chi connectivity index (χ0n) is 9.17. The molecule has 0 aromatic heterocycles. The first-order valence-electron chi connectivity index (χ1n) is 5.83. The minimum Gasteiger partial charge on any atom is -0.392 e. The van der Waals surface area contributed by atoms with Gasteiger partial charge in [0.15, 0.2) is 0 Å². The van der Waals surface area contributed by atoms with Gasteiger partial charge >= 0.3 is 0 Å². The Balaban J connectivity index is 1.88. The van der Waals surface area contributed by atoms with E-state index in [0.717, 1.165) is 45.4 Å². The molecule has 1 rings (SSSR count). The first kappa shape index (κ1) is 12.0. The van der Waals surface area contributed by atoms with Crippen LogP contribution in [0.5, 0.6) is 0 Å². The zero-order valence-corrected chi connectivity index (χ0v) is 9.17. The molecule has 0 amide bonds. The second-order valence-electron chi connectivity index (χ2n) is 4.02. The van der Waals surface area contributed by atoms with E-state index in [1.165, 1.54) is 6.42 Å². The van der Waals surface area contributed by atoms with Crippen LogP contribution in [0.4, 0.5) is 0 Å². The van der Waals surface area contributed by atoms with Crippen molar-refractivity contribution in [3.8, 4) is 0 Å². The fourth-order valence-corrected chi connectivity index (χ4v) is 1.84. The number of ether oxygens (including phenoxy) is 1. The van der Waals surface area contributed by atoms with Crippen LogP contribution in [0.15, 0.2) is 0 Å². The quantitative estimate of drug-likeness (QED) is 0.610. The number of aliphatic hydroxyl groups excluding tert-OH is 1. The van der Waals surface area contributed by atoms with Crippen LogP contribution >= 0.6 is 0 Å². The number of rotatable bonds is 7. The van der Waals surface area contributed by atoms with E-state index < -0.39 is 0 Å². The van der Waals surface area contributed by atoms with Gasteiger partial charge in [0.2, 0.25) is 0 Å². The van der Waals surface area contributed by atoms with Crippen molar-refractivity contribution >= 4 is 0 Å². The van der Waals surface area contributed by atoms with Crippen LogP contribution < -0.4 is 5.32 Å². The van der Waals surface area contributed by atoms with Gasteiger partial charge in [0.25, 0.3) is 0 Å². The second-order valence-corrected chi connectivity index (χ2v) is 4.02. The van der Waals surface area contributed by atoms with Gasteiger partial charge in [-0.05, 0) is 25.7 Å². The predicted octanol–water partition coefficient (Wildman–Crippen LogP) is 1.31. The average Bonchev–Trinajstić information content (AvgIpc) is 2.58. The summed E-state index contributed by atoms with van der Waals surface area (Å²) >= 11 is 0. The third kappa shape index (κ3) is 4.40. The van der Waals surface area contributed by atoms with Gasteiger partial charge in [0.1, 0.15) is 0 Å². The molecule has 0 spiro atoms. The lowest BCUT2D eigenvalue weighted by atomic mass is 10.2. The number of aliphatic hydroxyl groups is 1. The van der Waals surface area contributed by atoms with Gasteiger partial charge in [-0.25, -0.2) is 0 Å². The number of nitrogens with one attached hydrogen (secondary N) is 1. The molecule has 84 valence electrons. The van der Waals surface area contributed by atoms with Gasteiger partial charge in [0.05, 0.1) is 12.7 Å². The molecule has 3 heteroatoms. The van der Waals surface area contributed by atoms with Crippen molar-refractivity contribution in [3.63, 3.8) is 0 Å². The number of unbranched alkanes of at least 4 members (excludes halogenated alkanes) is 1. The highest BCUT2D eigenvalue weighted by molar-refractivity contribution is 4.82. The van der Waals surface area contributed by atoms with E-state index in [1.54, 1.807) is 0 Å². The largest absolute Gasteiger partial charge is 0.392 e. The smallest absolute Gasteiger partial charge is 0.0693 e. The van der Waals surface area contributed by atoms with Crippen molar-refractivity contribution < 1.29 is 9.84 Å². The molecule has 2 atom stereocenters. The third-order valence-electron chi connectivity index (χ3n) is 2.77. The van der Waals surface area contributed by atoms with E-state index in [2.05, 4.69) is 12.2 Å². The van der Waals surface area contributed by atoms with Crippen LogP contribution in [-0.2, 0) is 4.74 Å². The van der Waals surface area contributed by atoms with Gasteiger partial charge in [-0.1, -0.05) is 13.3 Å². The predicted molar refractivity (Wildman–Crippen MR) is 57.4 cm³/mol. The molecule has 3 nitrogen and oxygen atoms in total. The Bertz CT molecular complexity index is 141. The summed E-state index contributed by atoms with van der Waals surface area (Å²) in [6.07, 6.45) is 5.41. The van der Waals surface area contributed by atoms with Crippen molar-refractivity contribution in [1.29, 1.82) is 0 Å². The maximum atomic E-state index is 9.53. The van der Waals surface area contributed by atoms with E-state index >= 15 is 0 Å². The fourth-order valence-electron chi connectivity index (χ4n) is 1.84. The van der Waals surface area contributed by atoms with Crippen molar-refractivity contribution in [2.75, 3.05) is 19.8 Å². The SMILES string of the molecule is CCCCOCCNC1CCCC1O. The summed E-state index contributed by atoms with van der Waals surface area (Å²) in [5.74, 6) is 0. The Morgan fingerprint density at radius 1 is 1.36 bits per heavy atom. The van der Waals surface area contributed by atoms with Crippen molar-refractivity contribution in [2.45, 2.75) is 51.2 Å². The molecule has 0 aliphatic heterocycles. The van der Waals surface area contributed by atoms with Crippen LogP contribution in [0.3, 0.4) is 0 Å². The number of hydrogen-bond acceptors (Lipinski definition) is 3. The summed E-state index contributed by atoms with van der Waals surface area (Å²) in [6.45, 7) is 4.66. The minimum absolute atomic E-state index is 0.134. The van der Waals surface area contributed by atoms with E-state index in [1.807, 2.05) is 0 Å². The lowest BCUT2D eigenvalue weighted by Crippen LogP contribution is -2.37. The molecule has 1 aliphatic rings. The molecule has 0 radical (unpaired) electrons. The Hall–Kier alpha value is -0.120. The van der Waals surface area contributed by atoms with Crippen LogP contribution in [0.2, 0.25) is 0 Å². The maximum absolute atomic E-state index is 9.53.